The Morgan fingerprint density at radius 2 is 2.24 bits per heavy atom. The predicted octanol–water partition coefficient (Wildman–Crippen LogP) is 3.68. The van der Waals surface area contributed by atoms with Gasteiger partial charge in [0.05, 0.1) is 5.02 Å². The third-order valence-electron chi connectivity index (χ3n) is 3.52. The van der Waals surface area contributed by atoms with E-state index < -0.39 is 0 Å². The van der Waals surface area contributed by atoms with Crippen molar-refractivity contribution in [1.29, 1.82) is 0 Å². The van der Waals surface area contributed by atoms with Crippen molar-refractivity contribution in [3.8, 4) is 0 Å². The number of nitrogens with zero attached hydrogens (tertiary/aromatic N) is 1. The summed E-state index contributed by atoms with van der Waals surface area (Å²) < 4.78 is 0.959. The van der Waals surface area contributed by atoms with E-state index in [4.69, 9.17) is 11.6 Å². The first-order chi connectivity index (χ1) is 8.11. The van der Waals surface area contributed by atoms with Crippen molar-refractivity contribution >= 4 is 33.2 Å². The van der Waals surface area contributed by atoms with E-state index in [2.05, 4.69) is 39.1 Å². The monoisotopic (exact) mass is 316 g/mol. The first-order valence-electron chi connectivity index (χ1n) is 6.00. The quantitative estimate of drug-likeness (QED) is 0.895. The second-order valence-corrected chi connectivity index (χ2v) is 5.91. The Kier molecular flexibility index (Phi) is 4.34. The lowest BCUT2D eigenvalue weighted by Crippen LogP contribution is -2.46. The van der Waals surface area contributed by atoms with Gasteiger partial charge in [-0.25, -0.2) is 0 Å². The van der Waals surface area contributed by atoms with Crippen LogP contribution in [0.5, 0.6) is 0 Å². The van der Waals surface area contributed by atoms with Gasteiger partial charge < -0.3 is 10.2 Å². The van der Waals surface area contributed by atoms with Crippen molar-refractivity contribution < 1.29 is 0 Å². The molecule has 0 radical (unpaired) electrons. The van der Waals surface area contributed by atoms with Gasteiger partial charge in [-0.2, -0.15) is 0 Å². The van der Waals surface area contributed by atoms with Crippen molar-refractivity contribution in [2.75, 3.05) is 18.5 Å². The second-order valence-electron chi connectivity index (χ2n) is 4.65. The molecule has 0 bridgehead atoms. The zero-order chi connectivity index (χ0) is 12.4. The molecule has 1 aliphatic heterocycles. The van der Waals surface area contributed by atoms with Gasteiger partial charge >= 0.3 is 0 Å². The van der Waals surface area contributed by atoms with E-state index in [1.54, 1.807) is 0 Å². The first-order valence-corrected chi connectivity index (χ1v) is 7.18. The maximum absolute atomic E-state index is 6.15. The van der Waals surface area contributed by atoms with Crippen LogP contribution in [0.4, 0.5) is 5.69 Å². The summed E-state index contributed by atoms with van der Waals surface area (Å²) in [5.74, 6) is 0. The fourth-order valence-corrected chi connectivity index (χ4v) is 2.90. The molecule has 0 saturated carbocycles. The highest BCUT2D eigenvalue weighted by molar-refractivity contribution is 9.10. The minimum atomic E-state index is 0.554. The zero-order valence-electron chi connectivity index (χ0n) is 10.2. The second kappa shape index (κ2) is 5.59. The van der Waals surface area contributed by atoms with Crippen molar-refractivity contribution in [1.82, 2.24) is 5.32 Å². The summed E-state index contributed by atoms with van der Waals surface area (Å²) in [5.41, 5.74) is 1.22. The van der Waals surface area contributed by atoms with Gasteiger partial charge in [0.1, 0.15) is 0 Å². The van der Waals surface area contributed by atoms with Crippen LogP contribution in [-0.2, 0) is 0 Å². The molecule has 1 aliphatic rings. The molecule has 94 valence electrons. The van der Waals surface area contributed by atoms with Crippen LogP contribution >= 0.6 is 27.5 Å². The number of nitrogens with one attached hydrogen (secondary N) is 1. The maximum Gasteiger partial charge on any atom is 0.0568 e. The molecule has 2 rings (SSSR count). The van der Waals surface area contributed by atoms with Crippen molar-refractivity contribution in [2.24, 2.45) is 0 Å². The van der Waals surface area contributed by atoms with Crippen molar-refractivity contribution in [3.63, 3.8) is 0 Å². The minimum absolute atomic E-state index is 0.554. The summed E-state index contributed by atoms with van der Waals surface area (Å²) in [7, 11) is 2.05. The van der Waals surface area contributed by atoms with Crippen LogP contribution in [0.1, 0.15) is 19.8 Å². The number of benzene rings is 1. The molecule has 1 aromatic rings. The van der Waals surface area contributed by atoms with Gasteiger partial charge in [-0.1, -0.05) is 11.6 Å². The average Bonchev–Trinajstić information content (AvgIpc) is 2.32. The molecule has 0 aliphatic carbocycles. The van der Waals surface area contributed by atoms with Crippen LogP contribution in [0.15, 0.2) is 22.7 Å². The molecule has 2 nitrogen and oxygen atoms in total. The lowest BCUT2D eigenvalue weighted by molar-refractivity contribution is 0.387. The summed E-state index contributed by atoms with van der Waals surface area (Å²) in [6, 6.07) is 7.40. The Hall–Kier alpha value is -0.250. The number of hydrogen-bond acceptors (Lipinski definition) is 2. The van der Waals surface area contributed by atoms with Gasteiger partial charge in [-0.05, 0) is 60.9 Å². The fraction of sp³-hybridized carbons (Fsp3) is 0.538. The molecule has 0 aromatic heterocycles. The molecule has 4 heteroatoms. The number of rotatable bonds is 2. The number of anilines is 1. The van der Waals surface area contributed by atoms with Gasteiger partial charge in [0.25, 0.3) is 0 Å². The number of hydrogen-bond donors (Lipinski definition) is 1. The SMILES string of the molecule is CNC1CCN(c2ccc(Br)c(Cl)c2)C(C)C1. The van der Waals surface area contributed by atoms with Crippen LogP contribution in [0.3, 0.4) is 0 Å². The Morgan fingerprint density at radius 3 is 2.82 bits per heavy atom. The van der Waals surface area contributed by atoms with Crippen LogP contribution in [0, 0.1) is 0 Å². The number of piperidine rings is 1. The highest BCUT2D eigenvalue weighted by Crippen LogP contribution is 2.31. The summed E-state index contributed by atoms with van der Waals surface area (Å²) in [5, 5.41) is 4.15. The molecule has 1 N–H and O–H groups in total. The van der Waals surface area contributed by atoms with Gasteiger partial charge in [0.2, 0.25) is 0 Å². The number of halogens is 2. The Balaban J connectivity index is 2.14. The average molecular weight is 318 g/mol. The molecule has 0 amide bonds. The molecule has 1 fully saturated rings. The fourth-order valence-electron chi connectivity index (χ4n) is 2.48. The van der Waals surface area contributed by atoms with Crippen molar-refractivity contribution in [3.05, 3.63) is 27.7 Å². The Labute approximate surface area is 116 Å². The summed E-state index contributed by atoms with van der Waals surface area (Å²) in [6.45, 7) is 3.37. The summed E-state index contributed by atoms with van der Waals surface area (Å²) in [6.07, 6.45) is 2.37. The smallest absolute Gasteiger partial charge is 0.0568 e. The highest BCUT2D eigenvalue weighted by atomic mass is 79.9. The largest absolute Gasteiger partial charge is 0.369 e. The molecule has 1 saturated heterocycles. The zero-order valence-corrected chi connectivity index (χ0v) is 12.6. The van der Waals surface area contributed by atoms with Crippen LogP contribution in [0.2, 0.25) is 5.02 Å². The van der Waals surface area contributed by atoms with Gasteiger partial charge in [0, 0.05) is 28.8 Å². The highest BCUT2D eigenvalue weighted by Gasteiger charge is 2.24. The topological polar surface area (TPSA) is 15.3 Å². The van der Waals surface area contributed by atoms with E-state index in [9.17, 15) is 0 Å². The maximum atomic E-state index is 6.15. The lowest BCUT2D eigenvalue weighted by Gasteiger charge is -2.39. The Morgan fingerprint density at radius 1 is 1.47 bits per heavy atom. The third-order valence-corrected chi connectivity index (χ3v) is 4.75. The van der Waals surface area contributed by atoms with Crippen LogP contribution in [-0.4, -0.2) is 25.7 Å². The van der Waals surface area contributed by atoms with Crippen LogP contribution < -0.4 is 10.2 Å². The van der Waals surface area contributed by atoms with Gasteiger partial charge in [0.15, 0.2) is 0 Å². The minimum Gasteiger partial charge on any atom is -0.369 e. The van der Waals surface area contributed by atoms with E-state index in [-0.39, 0.29) is 0 Å². The third kappa shape index (κ3) is 2.95. The first kappa shape index (κ1) is 13.2. The lowest BCUT2D eigenvalue weighted by atomic mass is 9.98. The molecule has 1 aromatic carbocycles. The summed E-state index contributed by atoms with van der Waals surface area (Å²) >= 11 is 9.58. The Bertz CT molecular complexity index is 397. The van der Waals surface area contributed by atoms with Gasteiger partial charge in [-0.15, -0.1) is 0 Å². The van der Waals surface area contributed by atoms with E-state index >= 15 is 0 Å². The van der Waals surface area contributed by atoms with Crippen molar-refractivity contribution in [2.45, 2.75) is 31.8 Å². The molecular weight excluding hydrogens is 300 g/mol. The molecule has 1 heterocycles. The normalized spacial score (nSPS) is 25.1. The summed E-state index contributed by atoms with van der Waals surface area (Å²) in [4.78, 5) is 2.44. The van der Waals surface area contributed by atoms with Crippen LogP contribution in [0.25, 0.3) is 0 Å². The van der Waals surface area contributed by atoms with Gasteiger partial charge in [-0.3, -0.25) is 0 Å². The molecule has 0 spiro atoms. The van der Waals surface area contributed by atoms with E-state index in [1.165, 1.54) is 18.5 Å². The van der Waals surface area contributed by atoms with E-state index in [0.29, 0.717) is 12.1 Å². The van der Waals surface area contributed by atoms with E-state index in [1.807, 2.05) is 19.2 Å². The molecular formula is C13H18BrClN2. The standard InChI is InChI=1S/C13H18BrClN2/c1-9-7-10(16-2)5-6-17(9)11-3-4-12(14)13(15)8-11/h3-4,8-10,16H,5-7H2,1-2H3. The molecule has 2 unspecified atom stereocenters. The predicted molar refractivity (Wildman–Crippen MR) is 78.0 cm³/mol. The molecule has 17 heavy (non-hydrogen) atoms. The van der Waals surface area contributed by atoms with E-state index in [0.717, 1.165) is 16.0 Å². The molecule has 2 atom stereocenters.